The van der Waals surface area contributed by atoms with Crippen LogP contribution in [0.25, 0.3) is 11.6 Å². The van der Waals surface area contributed by atoms with Crippen molar-refractivity contribution >= 4 is 64.4 Å². The van der Waals surface area contributed by atoms with Gasteiger partial charge in [0.25, 0.3) is 23.6 Å². The van der Waals surface area contributed by atoms with Gasteiger partial charge in [0.2, 0.25) is 17.7 Å². The number of piperazine rings is 1. The van der Waals surface area contributed by atoms with Crippen LogP contribution in [0, 0.1) is 19.7 Å². The molecule has 5 heterocycles. The lowest BCUT2D eigenvalue weighted by atomic mass is 10.0. The lowest BCUT2D eigenvalue weighted by Crippen LogP contribution is -2.54. The molecule has 4 aliphatic rings. The van der Waals surface area contributed by atoms with Gasteiger partial charge >= 0.3 is 0 Å². The number of unbranched alkanes of at least 4 members (excludes halogenated alkanes) is 4. The standard InChI is InChI=1S/C46H56FN9O7/c1-28-36(27-33-32-26-30(47)13-14-34(32)52-42(33)59)51-29(2)40(28)44(61)50-18-9-20-54-22-24-55(25-23-54)21-19-49-38(57)12-6-4-3-5-7-17-48-35-11-8-10-31-41(35)46(63)56(45(31)62)37-15-16-39(58)53-43(37)60/h8,10-11,13-14,26-27,37,48,51H,3-7,9,12,15-25H2,1-2H3,(H,49,57)(H,50,61)(H,52,59)(H,53,58,60)/b33-27-. The molecule has 3 aromatic rings. The van der Waals surface area contributed by atoms with Gasteiger partial charge in [-0.2, -0.15) is 0 Å². The third-order valence-corrected chi connectivity index (χ3v) is 12.3. The minimum Gasteiger partial charge on any atom is -0.384 e. The molecule has 2 saturated heterocycles. The highest BCUT2D eigenvalue weighted by atomic mass is 19.1. The molecule has 0 bridgehead atoms. The quantitative estimate of drug-likeness (QED) is 0.0582. The predicted molar refractivity (Wildman–Crippen MR) is 235 cm³/mol. The van der Waals surface area contributed by atoms with Gasteiger partial charge < -0.3 is 31.2 Å². The zero-order chi connectivity index (χ0) is 44.6. The molecule has 17 heteroatoms. The van der Waals surface area contributed by atoms with E-state index in [9.17, 15) is 38.0 Å². The molecule has 63 heavy (non-hydrogen) atoms. The molecule has 1 unspecified atom stereocenters. The van der Waals surface area contributed by atoms with Crippen molar-refractivity contribution in [2.24, 2.45) is 0 Å². The molecule has 7 rings (SSSR count). The van der Waals surface area contributed by atoms with Crippen LogP contribution in [-0.2, 0) is 19.2 Å². The summed E-state index contributed by atoms with van der Waals surface area (Å²) in [6.07, 6.45) is 7.62. The number of carbonyl (C=O) groups is 7. The molecule has 1 atom stereocenters. The summed E-state index contributed by atoms with van der Waals surface area (Å²) in [5.74, 6) is -2.97. The van der Waals surface area contributed by atoms with Crippen LogP contribution in [0.2, 0.25) is 0 Å². The van der Waals surface area contributed by atoms with Gasteiger partial charge in [-0.05, 0) is 88.0 Å². The van der Waals surface area contributed by atoms with Crippen molar-refractivity contribution in [2.75, 3.05) is 69.5 Å². The molecule has 0 radical (unpaired) electrons. The zero-order valence-electron chi connectivity index (χ0n) is 35.9. The van der Waals surface area contributed by atoms with Gasteiger partial charge in [0, 0.05) is 93.5 Å². The van der Waals surface area contributed by atoms with Crippen molar-refractivity contribution in [1.29, 1.82) is 0 Å². The van der Waals surface area contributed by atoms with Gasteiger partial charge in [0.15, 0.2) is 0 Å². The van der Waals surface area contributed by atoms with E-state index in [1.807, 2.05) is 13.8 Å². The number of piperidine rings is 1. The van der Waals surface area contributed by atoms with Crippen LogP contribution in [-0.4, -0.2) is 126 Å². The average molecular weight is 866 g/mol. The Balaban J connectivity index is 0.713. The van der Waals surface area contributed by atoms with E-state index in [-0.39, 0.29) is 41.7 Å². The molecule has 2 aromatic carbocycles. The Hall–Kier alpha value is -6.20. The zero-order valence-corrected chi connectivity index (χ0v) is 35.9. The first-order valence-corrected chi connectivity index (χ1v) is 22.0. The molecule has 1 aromatic heterocycles. The summed E-state index contributed by atoms with van der Waals surface area (Å²) in [7, 11) is 0. The smallest absolute Gasteiger partial charge is 0.264 e. The van der Waals surface area contributed by atoms with E-state index >= 15 is 0 Å². The van der Waals surface area contributed by atoms with Crippen molar-refractivity contribution in [3.63, 3.8) is 0 Å². The molecule has 334 valence electrons. The number of aryl methyl sites for hydroxylation is 1. The Morgan fingerprint density at radius 3 is 2.33 bits per heavy atom. The third-order valence-electron chi connectivity index (χ3n) is 12.3. The molecule has 2 fully saturated rings. The first kappa shape index (κ1) is 44.8. The van der Waals surface area contributed by atoms with Crippen LogP contribution in [0.5, 0.6) is 0 Å². The fraction of sp³-hybridized carbons (Fsp3) is 0.457. The normalized spacial score (nSPS) is 18.4. The SMILES string of the molecule is Cc1[nH]c(/C=C2\C(=O)Nc3ccc(F)cc32)c(C)c1C(=O)NCCCN1CCN(CCNC(=O)CCCCCCCNc2cccc3c2C(=O)N(C2CCC(=O)NC2=O)C3=O)CC1. The summed E-state index contributed by atoms with van der Waals surface area (Å²) in [4.78, 5) is 97.5. The number of rotatable bonds is 19. The van der Waals surface area contributed by atoms with E-state index in [2.05, 4.69) is 41.4 Å². The molecule has 4 aliphatic heterocycles. The number of amides is 7. The van der Waals surface area contributed by atoms with Crippen LogP contribution in [0.1, 0.15) is 111 Å². The van der Waals surface area contributed by atoms with Gasteiger partial charge in [0.1, 0.15) is 11.9 Å². The molecule has 0 aliphatic carbocycles. The number of imide groups is 2. The number of hydrogen-bond acceptors (Lipinski definition) is 10. The molecule has 0 spiro atoms. The number of carbonyl (C=O) groups excluding carboxylic acids is 7. The molecule has 6 N–H and O–H groups in total. The fourth-order valence-electron chi connectivity index (χ4n) is 8.80. The van der Waals surface area contributed by atoms with Crippen molar-refractivity contribution in [3.05, 3.63) is 81.4 Å². The van der Waals surface area contributed by atoms with Crippen LogP contribution in [0.15, 0.2) is 36.4 Å². The predicted octanol–water partition coefficient (Wildman–Crippen LogP) is 3.97. The Kier molecular flexibility index (Phi) is 14.5. The highest BCUT2D eigenvalue weighted by Gasteiger charge is 2.45. The third kappa shape index (κ3) is 10.5. The molecule has 0 saturated carbocycles. The number of aromatic nitrogens is 1. The number of aromatic amines is 1. The number of halogens is 1. The fourth-order valence-corrected chi connectivity index (χ4v) is 8.80. The van der Waals surface area contributed by atoms with Crippen molar-refractivity contribution in [2.45, 2.75) is 77.7 Å². The number of nitrogens with one attached hydrogen (secondary N) is 6. The van der Waals surface area contributed by atoms with Crippen LogP contribution in [0.3, 0.4) is 0 Å². The molecule has 7 amide bonds. The van der Waals surface area contributed by atoms with Gasteiger partial charge in [-0.15, -0.1) is 0 Å². The maximum Gasteiger partial charge on any atom is 0.264 e. The van der Waals surface area contributed by atoms with Gasteiger partial charge in [0.05, 0.1) is 22.3 Å². The summed E-state index contributed by atoms with van der Waals surface area (Å²) in [6, 6.07) is 8.20. The lowest BCUT2D eigenvalue weighted by Gasteiger charge is -2.34. The number of nitrogens with zero attached hydrogens (tertiary/aromatic N) is 3. The second-order valence-electron chi connectivity index (χ2n) is 16.6. The van der Waals surface area contributed by atoms with Crippen LogP contribution in [0.4, 0.5) is 15.8 Å². The summed E-state index contributed by atoms with van der Waals surface area (Å²) < 4.78 is 13.9. The minimum atomic E-state index is -1.00. The molecular weight excluding hydrogens is 810 g/mol. The number of hydrogen-bond donors (Lipinski definition) is 6. The van der Waals surface area contributed by atoms with Crippen molar-refractivity contribution < 1.29 is 38.0 Å². The van der Waals surface area contributed by atoms with E-state index in [0.717, 1.165) is 88.3 Å². The second kappa shape index (κ2) is 20.3. The Bertz CT molecular complexity index is 2320. The van der Waals surface area contributed by atoms with E-state index in [0.29, 0.717) is 65.5 Å². The molecular formula is C46H56FN9O7. The summed E-state index contributed by atoms with van der Waals surface area (Å²) in [6.45, 7) is 10.7. The Labute approximate surface area is 365 Å². The minimum absolute atomic E-state index is 0.0581. The molecule has 16 nitrogen and oxygen atoms in total. The largest absolute Gasteiger partial charge is 0.384 e. The Morgan fingerprint density at radius 2 is 1.56 bits per heavy atom. The number of benzene rings is 2. The van der Waals surface area contributed by atoms with Crippen molar-refractivity contribution in [3.8, 4) is 0 Å². The van der Waals surface area contributed by atoms with Crippen molar-refractivity contribution in [1.82, 2.24) is 35.6 Å². The van der Waals surface area contributed by atoms with E-state index < -0.39 is 35.5 Å². The number of H-pyrrole nitrogens is 1. The first-order valence-electron chi connectivity index (χ1n) is 22.0. The van der Waals surface area contributed by atoms with E-state index in [4.69, 9.17) is 0 Å². The number of fused-ring (bicyclic) bond motifs is 2. The average Bonchev–Trinajstić information content (AvgIpc) is 3.82. The van der Waals surface area contributed by atoms with Gasteiger partial charge in [-0.3, -0.25) is 48.7 Å². The second-order valence-corrected chi connectivity index (χ2v) is 16.6. The Morgan fingerprint density at radius 1 is 0.810 bits per heavy atom. The summed E-state index contributed by atoms with van der Waals surface area (Å²) in [5, 5.41) is 14.3. The van der Waals surface area contributed by atoms with Gasteiger partial charge in [-0.1, -0.05) is 25.3 Å². The number of anilines is 2. The highest BCUT2D eigenvalue weighted by Crippen LogP contribution is 2.35. The first-order chi connectivity index (χ1) is 30.4. The van der Waals surface area contributed by atoms with E-state index in [1.165, 1.54) is 18.2 Å². The highest BCUT2D eigenvalue weighted by molar-refractivity contribution is 6.35. The topological polar surface area (TPSA) is 205 Å². The summed E-state index contributed by atoms with van der Waals surface area (Å²) >= 11 is 0. The van der Waals surface area contributed by atoms with Crippen LogP contribution < -0.4 is 26.6 Å². The maximum atomic E-state index is 13.9. The van der Waals surface area contributed by atoms with Gasteiger partial charge in [-0.25, -0.2) is 4.39 Å². The van der Waals surface area contributed by atoms with E-state index in [1.54, 1.807) is 24.3 Å². The van der Waals surface area contributed by atoms with Crippen LogP contribution >= 0.6 is 0 Å². The summed E-state index contributed by atoms with van der Waals surface area (Å²) in [5.41, 5.74) is 5.03. The maximum absolute atomic E-state index is 13.9. The lowest BCUT2D eigenvalue weighted by molar-refractivity contribution is -0.136. The monoisotopic (exact) mass is 865 g/mol.